The van der Waals surface area contributed by atoms with Gasteiger partial charge < -0.3 is 5.32 Å². The van der Waals surface area contributed by atoms with Gasteiger partial charge in [-0.2, -0.15) is 0 Å². The van der Waals surface area contributed by atoms with Crippen molar-refractivity contribution in [1.29, 1.82) is 0 Å². The van der Waals surface area contributed by atoms with E-state index in [0.29, 0.717) is 0 Å². The molecule has 0 bridgehead atoms. The number of alkyl halides is 1. The molecule has 8 heteroatoms. The molecule has 0 aromatic heterocycles. The van der Waals surface area contributed by atoms with E-state index in [9.17, 15) is 18.8 Å². The number of thioether (sulfide) groups is 1. The Morgan fingerprint density at radius 3 is 2.77 bits per heavy atom. The molecule has 0 atom stereocenters. The number of nitrogens with one attached hydrogen (secondary N) is 1. The maximum absolute atomic E-state index is 13.6. The summed E-state index contributed by atoms with van der Waals surface area (Å²) in [6, 6.07) is 5.97. The first-order chi connectivity index (χ1) is 10.5. The van der Waals surface area contributed by atoms with Gasteiger partial charge in [0.05, 0.1) is 4.91 Å². The zero-order chi connectivity index (χ0) is 16.1. The fourth-order valence-electron chi connectivity index (χ4n) is 1.78. The first kappa shape index (κ1) is 16.5. The van der Waals surface area contributed by atoms with Crippen LogP contribution in [-0.2, 0) is 9.59 Å². The lowest BCUT2D eigenvalue weighted by Crippen LogP contribution is -2.37. The first-order valence-electron chi connectivity index (χ1n) is 6.35. The Morgan fingerprint density at radius 2 is 2.09 bits per heavy atom. The summed E-state index contributed by atoms with van der Waals surface area (Å²) in [7, 11) is 0. The highest BCUT2D eigenvalue weighted by molar-refractivity contribution is 8.18. The molecule has 2 rings (SSSR count). The Kier molecular flexibility index (Phi) is 5.57. The normalized spacial score (nSPS) is 16.5. The second-order valence-corrected chi connectivity index (χ2v) is 5.60. The van der Waals surface area contributed by atoms with E-state index in [0.717, 1.165) is 16.7 Å². The van der Waals surface area contributed by atoms with Crippen LogP contribution in [0.1, 0.15) is 5.56 Å². The summed E-state index contributed by atoms with van der Waals surface area (Å²) in [5.74, 6) is -1.53. The quantitative estimate of drug-likeness (QED) is 0.658. The summed E-state index contributed by atoms with van der Waals surface area (Å²) in [5.41, 5.74) is 0.239. The molecule has 1 aliphatic rings. The Balaban J connectivity index is 2.05. The molecule has 0 saturated carbocycles. The fraction of sp³-hybridized carbons (Fsp3) is 0.214. The summed E-state index contributed by atoms with van der Waals surface area (Å²) < 4.78 is 13.6. The van der Waals surface area contributed by atoms with Gasteiger partial charge in [-0.25, -0.2) is 4.39 Å². The minimum absolute atomic E-state index is 0.0436. The number of benzene rings is 1. The highest BCUT2D eigenvalue weighted by atomic mass is 35.5. The fourth-order valence-corrected chi connectivity index (χ4v) is 2.73. The number of imide groups is 1. The van der Waals surface area contributed by atoms with Crippen LogP contribution in [0.4, 0.5) is 9.18 Å². The van der Waals surface area contributed by atoms with Crippen molar-refractivity contribution in [2.24, 2.45) is 0 Å². The maximum Gasteiger partial charge on any atom is 0.293 e. The second-order valence-electron chi connectivity index (χ2n) is 4.34. The molecule has 1 fully saturated rings. The highest BCUT2D eigenvalue weighted by Gasteiger charge is 2.34. The minimum Gasteiger partial charge on any atom is -0.353 e. The molecular formula is C14H12ClFN2O3S. The summed E-state index contributed by atoms with van der Waals surface area (Å²) in [6.45, 7) is 0.165. The summed E-state index contributed by atoms with van der Waals surface area (Å²) >= 11 is 6.07. The topological polar surface area (TPSA) is 66.5 Å². The largest absolute Gasteiger partial charge is 0.353 e. The van der Waals surface area contributed by atoms with Crippen LogP contribution in [0.2, 0.25) is 0 Å². The third kappa shape index (κ3) is 3.86. The average Bonchev–Trinajstić information content (AvgIpc) is 2.76. The minimum atomic E-state index is -0.502. The Labute approximate surface area is 135 Å². The van der Waals surface area contributed by atoms with Gasteiger partial charge >= 0.3 is 0 Å². The Morgan fingerprint density at radius 1 is 1.36 bits per heavy atom. The highest BCUT2D eigenvalue weighted by Crippen LogP contribution is 2.32. The number of carbonyl (C=O) groups excluding carboxylic acids is 3. The standard InChI is InChI=1S/C14H12ClFN2O3S/c15-8-12(19)17-5-6-18-13(20)11(22-14(18)21)7-9-3-1-2-4-10(9)16/h1-4,7H,5-6,8H2,(H,17,19)/b11-7+. The van der Waals surface area contributed by atoms with Crippen molar-refractivity contribution in [3.05, 3.63) is 40.6 Å². The van der Waals surface area contributed by atoms with Gasteiger partial charge in [-0.15, -0.1) is 11.6 Å². The van der Waals surface area contributed by atoms with E-state index in [4.69, 9.17) is 11.6 Å². The molecular weight excluding hydrogens is 331 g/mol. The van der Waals surface area contributed by atoms with E-state index < -0.39 is 17.0 Å². The Bertz CT molecular complexity index is 651. The lowest BCUT2D eigenvalue weighted by molar-refractivity contribution is -0.123. The van der Waals surface area contributed by atoms with E-state index in [1.807, 2.05) is 0 Å². The van der Waals surface area contributed by atoms with Crippen molar-refractivity contribution in [3.63, 3.8) is 0 Å². The van der Waals surface area contributed by atoms with Gasteiger partial charge in [-0.05, 0) is 23.9 Å². The van der Waals surface area contributed by atoms with Gasteiger partial charge in [-0.1, -0.05) is 18.2 Å². The summed E-state index contributed by atoms with van der Waals surface area (Å²) in [4.78, 5) is 36.1. The van der Waals surface area contributed by atoms with Crippen LogP contribution in [0.5, 0.6) is 0 Å². The predicted octanol–water partition coefficient (Wildman–Crippen LogP) is 2.22. The van der Waals surface area contributed by atoms with Crippen LogP contribution in [0, 0.1) is 5.82 Å². The third-order valence-corrected chi connectivity index (χ3v) is 3.99. The van der Waals surface area contributed by atoms with Gasteiger partial charge in [0.1, 0.15) is 11.7 Å². The van der Waals surface area contributed by atoms with Gasteiger partial charge in [0.25, 0.3) is 11.1 Å². The second kappa shape index (κ2) is 7.42. The molecule has 1 aromatic rings. The average molecular weight is 343 g/mol. The molecule has 22 heavy (non-hydrogen) atoms. The van der Waals surface area contributed by atoms with Crippen LogP contribution in [0.3, 0.4) is 0 Å². The molecule has 1 heterocycles. The molecule has 1 saturated heterocycles. The van der Waals surface area contributed by atoms with Crippen molar-refractivity contribution in [2.45, 2.75) is 0 Å². The number of halogens is 2. The molecule has 0 radical (unpaired) electrons. The molecule has 3 amide bonds. The number of hydrogen-bond acceptors (Lipinski definition) is 4. The molecule has 5 nitrogen and oxygen atoms in total. The number of rotatable bonds is 5. The molecule has 1 aliphatic heterocycles. The van der Waals surface area contributed by atoms with E-state index in [1.165, 1.54) is 24.3 Å². The van der Waals surface area contributed by atoms with E-state index in [1.54, 1.807) is 6.07 Å². The molecule has 1 N–H and O–H groups in total. The van der Waals surface area contributed by atoms with Crippen molar-refractivity contribution >= 4 is 46.5 Å². The van der Waals surface area contributed by atoms with Crippen molar-refractivity contribution in [2.75, 3.05) is 19.0 Å². The third-order valence-electron chi connectivity index (χ3n) is 2.84. The lowest BCUT2D eigenvalue weighted by Gasteiger charge is -2.12. The smallest absolute Gasteiger partial charge is 0.293 e. The zero-order valence-electron chi connectivity index (χ0n) is 11.3. The number of hydrogen-bond donors (Lipinski definition) is 1. The summed E-state index contributed by atoms with van der Waals surface area (Å²) in [5, 5.41) is 2.02. The van der Waals surface area contributed by atoms with Gasteiger partial charge in [0, 0.05) is 18.7 Å². The molecule has 1 aromatic carbocycles. The number of nitrogens with zero attached hydrogens (tertiary/aromatic N) is 1. The number of carbonyl (C=O) groups is 3. The van der Waals surface area contributed by atoms with Crippen LogP contribution < -0.4 is 5.32 Å². The first-order valence-corrected chi connectivity index (χ1v) is 7.70. The van der Waals surface area contributed by atoms with Crippen LogP contribution in [0.15, 0.2) is 29.2 Å². The van der Waals surface area contributed by atoms with Gasteiger partial charge in [-0.3, -0.25) is 19.3 Å². The van der Waals surface area contributed by atoms with Gasteiger partial charge in [0.15, 0.2) is 0 Å². The molecule has 116 valence electrons. The summed E-state index contributed by atoms with van der Waals surface area (Å²) in [6.07, 6.45) is 1.34. The monoisotopic (exact) mass is 342 g/mol. The predicted molar refractivity (Wildman–Crippen MR) is 82.8 cm³/mol. The van der Waals surface area contributed by atoms with Gasteiger partial charge in [0.2, 0.25) is 5.91 Å². The van der Waals surface area contributed by atoms with E-state index in [2.05, 4.69) is 5.32 Å². The van der Waals surface area contributed by atoms with Crippen LogP contribution in [-0.4, -0.2) is 40.9 Å². The van der Waals surface area contributed by atoms with Crippen molar-refractivity contribution in [1.82, 2.24) is 10.2 Å². The van der Waals surface area contributed by atoms with E-state index in [-0.39, 0.29) is 35.3 Å². The molecule has 0 spiro atoms. The lowest BCUT2D eigenvalue weighted by atomic mass is 10.2. The zero-order valence-corrected chi connectivity index (χ0v) is 12.9. The van der Waals surface area contributed by atoms with Crippen molar-refractivity contribution in [3.8, 4) is 0 Å². The molecule has 0 aliphatic carbocycles. The van der Waals surface area contributed by atoms with E-state index >= 15 is 0 Å². The Hall–Kier alpha value is -1.86. The SMILES string of the molecule is O=C(CCl)NCCN1C(=O)S/C(=C/c2ccccc2F)C1=O. The molecule has 0 unspecified atom stereocenters. The maximum atomic E-state index is 13.6. The van der Waals surface area contributed by atoms with Crippen molar-refractivity contribution < 1.29 is 18.8 Å². The number of amides is 3. The van der Waals surface area contributed by atoms with Crippen LogP contribution >= 0.6 is 23.4 Å². The van der Waals surface area contributed by atoms with Crippen LogP contribution in [0.25, 0.3) is 6.08 Å².